The molecule has 1 aromatic heterocycles. The van der Waals surface area contributed by atoms with Crippen molar-refractivity contribution in [3.63, 3.8) is 0 Å². The summed E-state index contributed by atoms with van der Waals surface area (Å²) in [5, 5.41) is 1.07. The minimum Gasteiger partial charge on any atom is -0.324 e. The lowest BCUT2D eigenvalue weighted by atomic mass is 10.0. The van der Waals surface area contributed by atoms with Crippen molar-refractivity contribution in [1.29, 1.82) is 0 Å². The van der Waals surface area contributed by atoms with Gasteiger partial charge in [0.2, 0.25) is 0 Å². The van der Waals surface area contributed by atoms with E-state index in [4.69, 9.17) is 5.73 Å². The minimum absolute atomic E-state index is 0.0903. The first kappa shape index (κ1) is 10.9. The number of nitrogens with two attached hydrogens (primary N) is 1. The van der Waals surface area contributed by atoms with Crippen LogP contribution in [0.4, 0.5) is 0 Å². The number of aryl methyl sites for hydroxylation is 2. The lowest BCUT2D eigenvalue weighted by molar-refractivity contribution is 0.803. The third-order valence-corrected chi connectivity index (χ3v) is 2.83. The molecule has 1 aromatic carbocycles. The molecule has 3 heteroatoms. The van der Waals surface area contributed by atoms with Crippen LogP contribution in [0.25, 0.3) is 10.9 Å². The van der Waals surface area contributed by atoms with Gasteiger partial charge < -0.3 is 10.7 Å². The lowest BCUT2D eigenvalue weighted by Crippen LogP contribution is -2.19. The van der Waals surface area contributed by atoms with E-state index in [1.54, 1.807) is 0 Å². The third-order valence-electron chi connectivity index (χ3n) is 2.83. The monoisotopic (exact) mass is 216 g/mol. The highest BCUT2D eigenvalue weighted by molar-refractivity contribution is 5.83. The Kier molecular flexibility index (Phi) is 2.56. The number of pyridine rings is 1. The van der Waals surface area contributed by atoms with Crippen molar-refractivity contribution < 1.29 is 0 Å². The molecule has 0 saturated carbocycles. The number of aromatic amines is 1. The first-order valence-corrected chi connectivity index (χ1v) is 5.39. The van der Waals surface area contributed by atoms with E-state index >= 15 is 0 Å². The van der Waals surface area contributed by atoms with Crippen LogP contribution in [0, 0.1) is 13.8 Å². The zero-order chi connectivity index (χ0) is 11.9. The Balaban J connectivity index is 2.85. The van der Waals surface area contributed by atoms with Gasteiger partial charge in [-0.05, 0) is 44.0 Å². The Morgan fingerprint density at radius 3 is 2.56 bits per heavy atom. The van der Waals surface area contributed by atoms with E-state index < -0.39 is 0 Å². The van der Waals surface area contributed by atoms with Crippen molar-refractivity contribution in [2.24, 2.45) is 5.73 Å². The molecule has 0 spiro atoms. The second kappa shape index (κ2) is 3.76. The molecule has 2 rings (SSSR count). The van der Waals surface area contributed by atoms with Crippen molar-refractivity contribution in [2.45, 2.75) is 26.8 Å². The second-order valence-electron chi connectivity index (χ2n) is 4.39. The summed E-state index contributed by atoms with van der Waals surface area (Å²) in [7, 11) is 0. The average molecular weight is 216 g/mol. The number of fused-ring (bicyclic) bond motifs is 1. The summed E-state index contributed by atoms with van der Waals surface area (Å²) in [4.78, 5) is 14.6. The number of hydrogen-bond donors (Lipinski definition) is 2. The van der Waals surface area contributed by atoms with E-state index in [0.29, 0.717) is 5.56 Å². The molecule has 0 aliphatic rings. The number of aromatic nitrogens is 1. The Morgan fingerprint density at radius 1 is 1.25 bits per heavy atom. The van der Waals surface area contributed by atoms with Gasteiger partial charge in [-0.1, -0.05) is 6.07 Å². The molecule has 16 heavy (non-hydrogen) atoms. The second-order valence-corrected chi connectivity index (χ2v) is 4.39. The Hall–Kier alpha value is -1.61. The molecule has 2 aromatic rings. The summed E-state index contributed by atoms with van der Waals surface area (Å²) < 4.78 is 0. The number of hydrogen-bond acceptors (Lipinski definition) is 2. The molecule has 0 bridgehead atoms. The van der Waals surface area contributed by atoms with Gasteiger partial charge in [0.15, 0.2) is 0 Å². The summed E-state index contributed by atoms with van der Waals surface area (Å²) in [5.74, 6) is 0. The first-order valence-electron chi connectivity index (χ1n) is 5.39. The summed E-state index contributed by atoms with van der Waals surface area (Å²) in [6, 6.07) is 5.74. The van der Waals surface area contributed by atoms with Crippen molar-refractivity contribution in [3.05, 3.63) is 45.2 Å². The van der Waals surface area contributed by atoms with Crippen LogP contribution in [0.5, 0.6) is 0 Å². The quantitative estimate of drug-likeness (QED) is 0.767. The minimum atomic E-state index is -0.242. The van der Waals surface area contributed by atoms with Crippen LogP contribution in [0.1, 0.15) is 29.7 Å². The fourth-order valence-electron chi connectivity index (χ4n) is 2.03. The fourth-order valence-corrected chi connectivity index (χ4v) is 2.03. The molecule has 1 heterocycles. The van der Waals surface area contributed by atoms with Gasteiger partial charge in [-0.25, -0.2) is 0 Å². The van der Waals surface area contributed by atoms with Crippen molar-refractivity contribution in [2.75, 3.05) is 0 Å². The molecule has 3 nitrogen and oxygen atoms in total. The van der Waals surface area contributed by atoms with E-state index in [0.717, 1.165) is 22.0 Å². The normalized spacial score (nSPS) is 13.0. The molecule has 0 aliphatic carbocycles. The van der Waals surface area contributed by atoms with Crippen LogP contribution in [0.2, 0.25) is 0 Å². The van der Waals surface area contributed by atoms with E-state index in [9.17, 15) is 4.79 Å². The average Bonchev–Trinajstić information content (AvgIpc) is 2.15. The zero-order valence-electron chi connectivity index (χ0n) is 9.79. The van der Waals surface area contributed by atoms with Gasteiger partial charge in [0.1, 0.15) is 0 Å². The van der Waals surface area contributed by atoms with Crippen molar-refractivity contribution >= 4 is 10.9 Å². The maximum Gasteiger partial charge on any atom is 0.253 e. The maximum atomic E-state index is 11.8. The molecule has 3 N–H and O–H groups in total. The molecular formula is C13H16N2O. The number of H-pyrrole nitrogens is 1. The van der Waals surface area contributed by atoms with Gasteiger partial charge in [-0.15, -0.1) is 0 Å². The smallest absolute Gasteiger partial charge is 0.253 e. The lowest BCUT2D eigenvalue weighted by Gasteiger charge is -2.09. The summed E-state index contributed by atoms with van der Waals surface area (Å²) >= 11 is 0. The molecule has 0 amide bonds. The van der Waals surface area contributed by atoms with Gasteiger partial charge >= 0.3 is 0 Å². The van der Waals surface area contributed by atoms with Gasteiger partial charge in [0, 0.05) is 22.5 Å². The number of benzene rings is 1. The number of nitrogens with one attached hydrogen (secondary N) is 1. The molecule has 1 unspecified atom stereocenters. The highest BCUT2D eigenvalue weighted by Crippen LogP contribution is 2.19. The van der Waals surface area contributed by atoms with Gasteiger partial charge in [0.05, 0.1) is 0 Å². The standard InChI is InChI=1S/C13H16N2O/c1-7-4-8(2)10-6-11(9(3)14)13(16)15-12(10)5-7/h4-6,9H,14H2,1-3H3,(H,15,16). The topological polar surface area (TPSA) is 58.9 Å². The molecule has 0 saturated heterocycles. The first-order chi connectivity index (χ1) is 7.49. The van der Waals surface area contributed by atoms with Crippen molar-refractivity contribution in [1.82, 2.24) is 4.98 Å². The van der Waals surface area contributed by atoms with E-state index in [1.807, 2.05) is 32.9 Å². The third kappa shape index (κ3) is 1.74. The summed E-state index contributed by atoms with van der Waals surface area (Å²) in [6.07, 6.45) is 0. The van der Waals surface area contributed by atoms with E-state index in [2.05, 4.69) is 11.1 Å². The highest BCUT2D eigenvalue weighted by atomic mass is 16.1. The highest BCUT2D eigenvalue weighted by Gasteiger charge is 2.08. The Labute approximate surface area is 94.3 Å². The predicted octanol–water partition coefficient (Wildman–Crippen LogP) is 2.16. The number of rotatable bonds is 1. The van der Waals surface area contributed by atoms with Crippen LogP contribution in [0.15, 0.2) is 23.0 Å². The van der Waals surface area contributed by atoms with Crippen LogP contribution in [-0.4, -0.2) is 4.98 Å². The molecule has 1 atom stereocenters. The predicted molar refractivity (Wildman–Crippen MR) is 66.6 cm³/mol. The van der Waals surface area contributed by atoms with Crippen LogP contribution >= 0.6 is 0 Å². The molecular weight excluding hydrogens is 200 g/mol. The van der Waals surface area contributed by atoms with Crippen LogP contribution < -0.4 is 11.3 Å². The SMILES string of the molecule is Cc1cc(C)c2cc(C(C)N)c(=O)[nH]c2c1. The summed E-state index contributed by atoms with van der Waals surface area (Å²) in [5.41, 5.74) is 9.50. The fraction of sp³-hybridized carbons (Fsp3) is 0.308. The zero-order valence-corrected chi connectivity index (χ0v) is 9.79. The molecule has 0 radical (unpaired) electrons. The largest absolute Gasteiger partial charge is 0.324 e. The summed E-state index contributed by atoms with van der Waals surface area (Å²) in [6.45, 7) is 5.88. The Morgan fingerprint density at radius 2 is 1.94 bits per heavy atom. The van der Waals surface area contributed by atoms with E-state index in [1.165, 1.54) is 0 Å². The Bertz CT molecular complexity index is 597. The van der Waals surface area contributed by atoms with Crippen molar-refractivity contribution in [3.8, 4) is 0 Å². The molecule has 84 valence electrons. The molecule has 0 fully saturated rings. The van der Waals surface area contributed by atoms with Gasteiger partial charge in [-0.3, -0.25) is 4.79 Å². The van der Waals surface area contributed by atoms with Gasteiger partial charge in [-0.2, -0.15) is 0 Å². The van der Waals surface area contributed by atoms with Crippen LogP contribution in [-0.2, 0) is 0 Å². The molecule has 0 aliphatic heterocycles. The van der Waals surface area contributed by atoms with Crippen LogP contribution in [0.3, 0.4) is 0 Å². The van der Waals surface area contributed by atoms with Gasteiger partial charge in [0.25, 0.3) is 5.56 Å². The van der Waals surface area contributed by atoms with E-state index in [-0.39, 0.29) is 11.6 Å². The maximum absolute atomic E-state index is 11.8.